The van der Waals surface area contributed by atoms with Gasteiger partial charge in [-0.25, -0.2) is 4.98 Å². The van der Waals surface area contributed by atoms with Crippen LogP contribution in [0.4, 0.5) is 5.69 Å². The van der Waals surface area contributed by atoms with Gasteiger partial charge in [0.2, 0.25) is 5.89 Å². The Hall–Kier alpha value is -3.91. The van der Waals surface area contributed by atoms with Gasteiger partial charge in [0, 0.05) is 11.8 Å². The van der Waals surface area contributed by atoms with Gasteiger partial charge in [0.05, 0.1) is 5.56 Å². The molecular formula is C23H19N3O4S. The number of thiocarbonyl (C=S) groups is 1. The molecule has 8 heteroatoms. The molecule has 1 aromatic heterocycles. The fraction of sp³-hybridized carbons (Fsp3) is 0.0870. The van der Waals surface area contributed by atoms with Crippen LogP contribution >= 0.6 is 12.2 Å². The number of para-hydroxylation sites is 1. The molecule has 0 radical (unpaired) electrons. The van der Waals surface area contributed by atoms with Gasteiger partial charge in [-0.15, -0.1) is 0 Å². The molecule has 0 bridgehead atoms. The molecule has 0 aliphatic heterocycles. The van der Waals surface area contributed by atoms with Gasteiger partial charge >= 0.3 is 0 Å². The van der Waals surface area contributed by atoms with Crippen molar-refractivity contribution < 1.29 is 19.1 Å². The number of nitrogens with zero attached hydrogens (tertiary/aromatic N) is 1. The third-order valence-electron chi connectivity index (χ3n) is 4.40. The minimum Gasteiger partial charge on any atom is -0.507 e. The molecule has 3 aromatic carbocycles. The molecule has 7 nitrogen and oxygen atoms in total. The summed E-state index contributed by atoms with van der Waals surface area (Å²) in [7, 11) is 0. The molecule has 0 spiro atoms. The zero-order chi connectivity index (χ0) is 21.8. The number of hydrogen-bond donors (Lipinski definition) is 3. The number of carbonyl (C=O) groups is 1. The summed E-state index contributed by atoms with van der Waals surface area (Å²) in [4.78, 5) is 16.4. The molecule has 1 amide bonds. The summed E-state index contributed by atoms with van der Waals surface area (Å²) in [5.74, 6) is 0.476. The van der Waals surface area contributed by atoms with Gasteiger partial charge < -0.3 is 19.6 Å². The molecule has 0 fully saturated rings. The van der Waals surface area contributed by atoms with E-state index in [-0.39, 0.29) is 17.5 Å². The zero-order valence-corrected chi connectivity index (χ0v) is 17.4. The van der Waals surface area contributed by atoms with Crippen LogP contribution in [-0.2, 0) is 4.79 Å². The number of oxazole rings is 1. The lowest BCUT2D eigenvalue weighted by Gasteiger charge is -2.11. The number of aromatic hydroxyl groups is 1. The van der Waals surface area contributed by atoms with E-state index >= 15 is 0 Å². The number of aromatic nitrogens is 1. The van der Waals surface area contributed by atoms with E-state index in [1.54, 1.807) is 24.3 Å². The summed E-state index contributed by atoms with van der Waals surface area (Å²) in [5.41, 5.74) is 3.37. The number of fused-ring (bicyclic) bond motifs is 1. The Bertz CT molecular complexity index is 1250. The van der Waals surface area contributed by atoms with Crippen LogP contribution in [0.25, 0.3) is 22.6 Å². The van der Waals surface area contributed by atoms with Crippen LogP contribution < -0.4 is 15.4 Å². The van der Waals surface area contributed by atoms with E-state index in [9.17, 15) is 9.90 Å². The Morgan fingerprint density at radius 2 is 1.94 bits per heavy atom. The number of amides is 1. The standard InChI is InChI=1S/C23H19N3O4S/c1-14-7-10-18-20(11-14)30-22(25-18)17-9-8-15(12-19(17)27)24-23(31)26-21(28)13-29-16-5-3-2-4-6-16/h2-12,27H,13H2,1H3,(H2,24,26,28,31). The summed E-state index contributed by atoms with van der Waals surface area (Å²) in [5, 5.41) is 15.9. The predicted molar refractivity (Wildman–Crippen MR) is 122 cm³/mol. The highest BCUT2D eigenvalue weighted by molar-refractivity contribution is 7.80. The maximum Gasteiger partial charge on any atom is 0.264 e. The van der Waals surface area contributed by atoms with Crippen molar-refractivity contribution in [3.05, 3.63) is 72.3 Å². The fourth-order valence-electron chi connectivity index (χ4n) is 2.93. The maximum absolute atomic E-state index is 12.0. The van der Waals surface area contributed by atoms with Gasteiger partial charge in [0.15, 0.2) is 17.3 Å². The predicted octanol–water partition coefficient (Wildman–Crippen LogP) is 4.40. The number of phenolic OH excluding ortho intramolecular Hbond substituents is 1. The molecule has 4 aromatic rings. The van der Waals surface area contributed by atoms with Crippen molar-refractivity contribution in [3.63, 3.8) is 0 Å². The lowest BCUT2D eigenvalue weighted by atomic mass is 10.2. The molecule has 0 saturated heterocycles. The van der Waals surface area contributed by atoms with E-state index in [4.69, 9.17) is 21.4 Å². The van der Waals surface area contributed by atoms with Gasteiger partial charge in [0.25, 0.3) is 5.91 Å². The lowest BCUT2D eigenvalue weighted by Crippen LogP contribution is -2.37. The van der Waals surface area contributed by atoms with Crippen molar-refractivity contribution >= 4 is 40.0 Å². The topological polar surface area (TPSA) is 96.6 Å². The number of phenols is 1. The summed E-state index contributed by atoms with van der Waals surface area (Å²) >= 11 is 5.16. The summed E-state index contributed by atoms with van der Waals surface area (Å²) < 4.78 is 11.1. The van der Waals surface area contributed by atoms with Crippen LogP contribution in [0.1, 0.15) is 5.56 Å². The molecule has 4 rings (SSSR count). The average Bonchev–Trinajstić information content (AvgIpc) is 3.15. The number of hydrogen-bond acceptors (Lipinski definition) is 6. The maximum atomic E-state index is 12.0. The molecule has 1 heterocycles. The summed E-state index contributed by atoms with van der Waals surface area (Å²) in [6.07, 6.45) is 0. The van der Waals surface area contributed by atoms with E-state index < -0.39 is 5.91 Å². The Labute approximate surface area is 183 Å². The fourth-order valence-corrected chi connectivity index (χ4v) is 3.16. The molecular weight excluding hydrogens is 414 g/mol. The van der Waals surface area contributed by atoms with Crippen molar-refractivity contribution in [1.82, 2.24) is 10.3 Å². The summed E-state index contributed by atoms with van der Waals surface area (Å²) in [6, 6.07) is 19.6. The second-order valence-electron chi connectivity index (χ2n) is 6.83. The SMILES string of the molecule is Cc1ccc2nc(-c3ccc(NC(=S)NC(=O)COc4ccccc4)cc3O)oc2c1. The van der Waals surface area contributed by atoms with Crippen molar-refractivity contribution in [3.8, 4) is 23.0 Å². The molecule has 0 aliphatic rings. The van der Waals surface area contributed by atoms with Crippen LogP contribution in [0.5, 0.6) is 11.5 Å². The highest BCUT2D eigenvalue weighted by atomic mass is 32.1. The minimum atomic E-state index is -0.399. The number of anilines is 1. The average molecular weight is 433 g/mol. The highest BCUT2D eigenvalue weighted by Crippen LogP contribution is 2.33. The van der Waals surface area contributed by atoms with Crippen LogP contribution in [-0.4, -0.2) is 27.7 Å². The number of ether oxygens (including phenoxy) is 1. The number of aryl methyl sites for hydroxylation is 1. The monoisotopic (exact) mass is 433 g/mol. The van der Waals surface area contributed by atoms with Gasteiger partial charge in [-0.3, -0.25) is 10.1 Å². The van der Waals surface area contributed by atoms with Crippen molar-refractivity contribution in [2.24, 2.45) is 0 Å². The van der Waals surface area contributed by atoms with Crippen molar-refractivity contribution in [1.29, 1.82) is 0 Å². The first-order valence-electron chi connectivity index (χ1n) is 9.47. The second-order valence-corrected chi connectivity index (χ2v) is 7.23. The summed E-state index contributed by atoms with van der Waals surface area (Å²) in [6.45, 7) is 1.79. The van der Waals surface area contributed by atoms with Crippen LogP contribution in [0, 0.1) is 6.92 Å². The van der Waals surface area contributed by atoms with E-state index in [0.29, 0.717) is 34.0 Å². The Balaban J connectivity index is 1.38. The number of carbonyl (C=O) groups excluding carboxylic acids is 1. The van der Waals surface area contributed by atoms with Crippen molar-refractivity contribution in [2.45, 2.75) is 6.92 Å². The molecule has 3 N–H and O–H groups in total. The lowest BCUT2D eigenvalue weighted by molar-refractivity contribution is -0.121. The molecule has 0 saturated carbocycles. The van der Waals surface area contributed by atoms with E-state index in [1.165, 1.54) is 6.07 Å². The molecule has 0 unspecified atom stereocenters. The molecule has 0 aliphatic carbocycles. The first kappa shape index (κ1) is 20.4. The zero-order valence-electron chi connectivity index (χ0n) is 16.6. The Morgan fingerprint density at radius 3 is 2.71 bits per heavy atom. The smallest absolute Gasteiger partial charge is 0.264 e. The Morgan fingerprint density at radius 1 is 1.13 bits per heavy atom. The van der Waals surface area contributed by atoms with Gasteiger partial charge in [0.1, 0.15) is 17.0 Å². The molecule has 0 atom stereocenters. The number of nitrogens with one attached hydrogen (secondary N) is 2. The molecule has 31 heavy (non-hydrogen) atoms. The minimum absolute atomic E-state index is 0.0326. The Kier molecular flexibility index (Phi) is 5.81. The third-order valence-corrected chi connectivity index (χ3v) is 4.60. The highest BCUT2D eigenvalue weighted by Gasteiger charge is 2.14. The first-order valence-corrected chi connectivity index (χ1v) is 9.88. The molecule has 156 valence electrons. The van der Waals surface area contributed by atoms with E-state index in [1.807, 2.05) is 43.3 Å². The quantitative estimate of drug-likeness (QED) is 0.401. The number of rotatable bonds is 5. The normalized spacial score (nSPS) is 10.6. The second kappa shape index (κ2) is 8.85. The largest absolute Gasteiger partial charge is 0.507 e. The third kappa shape index (κ3) is 4.99. The van der Waals surface area contributed by atoms with E-state index in [2.05, 4.69) is 15.6 Å². The van der Waals surface area contributed by atoms with Crippen LogP contribution in [0.3, 0.4) is 0 Å². The van der Waals surface area contributed by atoms with Crippen LogP contribution in [0.2, 0.25) is 0 Å². The van der Waals surface area contributed by atoms with Crippen LogP contribution in [0.15, 0.2) is 71.1 Å². The van der Waals surface area contributed by atoms with Crippen molar-refractivity contribution in [2.75, 3.05) is 11.9 Å². The van der Waals surface area contributed by atoms with Gasteiger partial charge in [-0.1, -0.05) is 24.3 Å². The van der Waals surface area contributed by atoms with E-state index in [0.717, 1.165) is 5.56 Å². The van der Waals surface area contributed by atoms with Gasteiger partial charge in [-0.05, 0) is 61.1 Å². The number of benzene rings is 3. The van der Waals surface area contributed by atoms with Gasteiger partial charge in [-0.2, -0.15) is 0 Å². The first-order chi connectivity index (χ1) is 15.0.